The van der Waals surface area contributed by atoms with Crippen LogP contribution in [-0.4, -0.2) is 15.0 Å². The molecule has 0 aliphatic heterocycles. The molecule has 0 aliphatic carbocycles. The van der Waals surface area contributed by atoms with Crippen molar-refractivity contribution < 1.29 is 0 Å². The van der Waals surface area contributed by atoms with Crippen LogP contribution in [0.4, 0.5) is 5.69 Å². The molecule has 0 saturated heterocycles. The van der Waals surface area contributed by atoms with Gasteiger partial charge in [-0.25, -0.2) is 9.97 Å². The van der Waals surface area contributed by atoms with Crippen molar-refractivity contribution in [2.24, 2.45) is 0 Å². The fraction of sp³-hybridized carbons (Fsp3) is 0. The van der Waals surface area contributed by atoms with Crippen LogP contribution in [-0.2, 0) is 0 Å². The van der Waals surface area contributed by atoms with Gasteiger partial charge in [0.25, 0.3) is 0 Å². The van der Waals surface area contributed by atoms with Crippen molar-refractivity contribution in [3.8, 4) is 11.4 Å². The Morgan fingerprint density at radius 2 is 1.65 bits per heavy atom. The molecule has 82 valence electrons. The minimum absolute atomic E-state index is 0.562. The summed E-state index contributed by atoms with van der Waals surface area (Å²) in [7, 11) is 0. The van der Waals surface area contributed by atoms with Crippen LogP contribution >= 0.6 is 0 Å². The van der Waals surface area contributed by atoms with Crippen LogP contribution in [0.1, 0.15) is 0 Å². The van der Waals surface area contributed by atoms with Crippen LogP contribution < -0.4 is 5.73 Å². The average molecular weight is 222 g/mol. The van der Waals surface area contributed by atoms with Gasteiger partial charge in [-0.3, -0.25) is 4.98 Å². The SMILES string of the molecule is Nc1cnc(-c2ccnc3ccccc23)nc1. The van der Waals surface area contributed by atoms with Gasteiger partial charge in [-0.2, -0.15) is 0 Å². The smallest absolute Gasteiger partial charge is 0.159 e. The lowest BCUT2D eigenvalue weighted by Crippen LogP contribution is -1.93. The van der Waals surface area contributed by atoms with E-state index in [4.69, 9.17) is 5.73 Å². The lowest BCUT2D eigenvalue weighted by Gasteiger charge is -2.04. The Morgan fingerprint density at radius 3 is 2.47 bits per heavy atom. The molecule has 0 fully saturated rings. The van der Waals surface area contributed by atoms with E-state index in [0.29, 0.717) is 11.5 Å². The van der Waals surface area contributed by atoms with Gasteiger partial charge < -0.3 is 5.73 Å². The lowest BCUT2D eigenvalue weighted by molar-refractivity contribution is 1.18. The molecule has 0 radical (unpaired) electrons. The number of pyridine rings is 1. The van der Waals surface area contributed by atoms with Crippen molar-refractivity contribution in [3.63, 3.8) is 0 Å². The Bertz CT molecular complexity index is 656. The maximum Gasteiger partial charge on any atom is 0.159 e. The third kappa shape index (κ3) is 1.69. The van der Waals surface area contributed by atoms with Gasteiger partial charge in [0.15, 0.2) is 5.82 Å². The fourth-order valence-corrected chi connectivity index (χ4v) is 1.77. The van der Waals surface area contributed by atoms with E-state index in [1.165, 1.54) is 0 Å². The average Bonchev–Trinajstić information content (AvgIpc) is 2.39. The second-order valence-corrected chi connectivity index (χ2v) is 3.72. The largest absolute Gasteiger partial charge is 0.396 e. The Kier molecular flexibility index (Phi) is 2.19. The molecule has 0 spiro atoms. The predicted octanol–water partition coefficient (Wildman–Crippen LogP) is 2.27. The quantitative estimate of drug-likeness (QED) is 0.686. The molecule has 1 aromatic carbocycles. The Balaban J connectivity index is 2.27. The summed E-state index contributed by atoms with van der Waals surface area (Å²) in [4.78, 5) is 12.8. The van der Waals surface area contributed by atoms with E-state index < -0.39 is 0 Å². The molecule has 0 unspecified atom stereocenters. The second kappa shape index (κ2) is 3.83. The molecule has 0 saturated carbocycles. The number of nitrogen functional groups attached to an aromatic ring is 1. The van der Waals surface area contributed by atoms with Crippen LogP contribution in [0.2, 0.25) is 0 Å². The summed E-state index contributed by atoms with van der Waals surface area (Å²) in [6.07, 6.45) is 4.98. The topological polar surface area (TPSA) is 64.7 Å². The number of rotatable bonds is 1. The van der Waals surface area contributed by atoms with Crippen molar-refractivity contribution in [1.29, 1.82) is 0 Å². The zero-order valence-corrected chi connectivity index (χ0v) is 9.04. The molecule has 0 bridgehead atoms. The maximum atomic E-state index is 5.58. The van der Waals surface area contributed by atoms with E-state index in [2.05, 4.69) is 15.0 Å². The van der Waals surface area contributed by atoms with Crippen LogP contribution in [0.15, 0.2) is 48.9 Å². The zero-order valence-electron chi connectivity index (χ0n) is 9.04. The third-order valence-electron chi connectivity index (χ3n) is 2.56. The Hall–Kier alpha value is -2.49. The van der Waals surface area contributed by atoms with Gasteiger partial charge in [0, 0.05) is 17.1 Å². The van der Waals surface area contributed by atoms with E-state index in [9.17, 15) is 0 Å². The molecule has 0 aliphatic rings. The van der Waals surface area contributed by atoms with Gasteiger partial charge in [0.1, 0.15) is 0 Å². The van der Waals surface area contributed by atoms with Crippen LogP contribution in [0.3, 0.4) is 0 Å². The van der Waals surface area contributed by atoms with Crippen LogP contribution in [0.5, 0.6) is 0 Å². The number of nitrogens with two attached hydrogens (primary N) is 1. The molecule has 3 aromatic rings. The summed E-state index contributed by atoms with van der Waals surface area (Å²) in [6.45, 7) is 0. The molecule has 2 heterocycles. The Morgan fingerprint density at radius 1 is 0.882 bits per heavy atom. The molecule has 3 rings (SSSR count). The maximum absolute atomic E-state index is 5.58. The highest BCUT2D eigenvalue weighted by atomic mass is 14.9. The summed E-state index contributed by atoms with van der Waals surface area (Å²) in [5, 5.41) is 1.04. The highest BCUT2D eigenvalue weighted by molar-refractivity contribution is 5.92. The summed E-state index contributed by atoms with van der Waals surface area (Å²) in [6, 6.07) is 9.83. The number of hydrogen-bond acceptors (Lipinski definition) is 4. The van der Waals surface area contributed by atoms with Crippen molar-refractivity contribution in [3.05, 3.63) is 48.9 Å². The van der Waals surface area contributed by atoms with E-state index in [1.807, 2.05) is 30.3 Å². The number of aromatic nitrogens is 3. The van der Waals surface area contributed by atoms with Crippen molar-refractivity contribution in [1.82, 2.24) is 15.0 Å². The highest BCUT2D eigenvalue weighted by Crippen LogP contribution is 2.24. The molecular weight excluding hydrogens is 212 g/mol. The molecule has 4 nitrogen and oxygen atoms in total. The number of anilines is 1. The summed E-state index contributed by atoms with van der Waals surface area (Å²) >= 11 is 0. The molecule has 2 N–H and O–H groups in total. The van der Waals surface area contributed by atoms with Gasteiger partial charge in [0.2, 0.25) is 0 Å². The molecule has 17 heavy (non-hydrogen) atoms. The molecule has 0 amide bonds. The summed E-state index contributed by atoms with van der Waals surface area (Å²) in [5.74, 6) is 0.665. The van der Waals surface area contributed by atoms with Crippen LogP contribution in [0.25, 0.3) is 22.3 Å². The lowest BCUT2D eigenvalue weighted by atomic mass is 10.1. The first-order chi connectivity index (χ1) is 8.34. The predicted molar refractivity (Wildman–Crippen MR) is 67.2 cm³/mol. The second-order valence-electron chi connectivity index (χ2n) is 3.72. The normalized spacial score (nSPS) is 10.6. The zero-order chi connectivity index (χ0) is 11.7. The molecule has 4 heteroatoms. The van der Waals surface area contributed by atoms with Gasteiger partial charge >= 0.3 is 0 Å². The fourth-order valence-electron chi connectivity index (χ4n) is 1.77. The van der Waals surface area contributed by atoms with Crippen molar-refractivity contribution in [2.45, 2.75) is 0 Å². The monoisotopic (exact) mass is 222 g/mol. The van der Waals surface area contributed by atoms with Gasteiger partial charge in [-0.15, -0.1) is 0 Å². The number of para-hydroxylation sites is 1. The van der Waals surface area contributed by atoms with E-state index in [0.717, 1.165) is 16.5 Å². The third-order valence-corrected chi connectivity index (χ3v) is 2.56. The first-order valence-corrected chi connectivity index (χ1v) is 5.26. The van der Waals surface area contributed by atoms with Crippen molar-refractivity contribution >= 4 is 16.6 Å². The number of hydrogen-bond donors (Lipinski definition) is 1. The van der Waals surface area contributed by atoms with E-state index in [1.54, 1.807) is 18.6 Å². The van der Waals surface area contributed by atoms with Gasteiger partial charge in [-0.1, -0.05) is 18.2 Å². The molecule has 0 atom stereocenters. The van der Waals surface area contributed by atoms with E-state index in [-0.39, 0.29) is 0 Å². The van der Waals surface area contributed by atoms with Gasteiger partial charge in [0.05, 0.1) is 23.6 Å². The standard InChI is InChI=1S/C13H10N4/c14-9-7-16-13(17-8-9)11-5-6-15-12-4-2-1-3-10(11)12/h1-8H,14H2. The van der Waals surface area contributed by atoms with Gasteiger partial charge in [-0.05, 0) is 12.1 Å². The molecule has 2 aromatic heterocycles. The number of nitrogens with zero attached hydrogens (tertiary/aromatic N) is 3. The summed E-state index contributed by atoms with van der Waals surface area (Å²) < 4.78 is 0. The summed E-state index contributed by atoms with van der Waals surface area (Å²) in [5.41, 5.74) is 8.05. The minimum atomic E-state index is 0.562. The van der Waals surface area contributed by atoms with Crippen molar-refractivity contribution in [2.75, 3.05) is 5.73 Å². The van der Waals surface area contributed by atoms with E-state index >= 15 is 0 Å². The van der Waals surface area contributed by atoms with Crippen LogP contribution in [0, 0.1) is 0 Å². The minimum Gasteiger partial charge on any atom is -0.396 e. The Labute approximate surface area is 98.2 Å². The highest BCUT2D eigenvalue weighted by Gasteiger charge is 2.05. The number of fused-ring (bicyclic) bond motifs is 1. The first kappa shape index (κ1) is 9.72. The first-order valence-electron chi connectivity index (χ1n) is 5.26. The molecular formula is C13H10N4. The number of benzene rings is 1.